The number of rotatable bonds is 4. The normalized spacial score (nSPS) is 21.1. The number of halogens is 2. The Hall–Kier alpha value is -11.8. The third kappa shape index (κ3) is 12.5. The van der Waals surface area contributed by atoms with E-state index in [4.69, 9.17) is 37.4 Å². The number of hydrogen-bond donors (Lipinski definition) is 15. The minimum atomic E-state index is -2.25. The Morgan fingerprint density at radius 1 is 0.527 bits per heavy atom. The highest BCUT2D eigenvalue weighted by molar-refractivity contribution is 6.33. The second kappa shape index (κ2) is 24.9. The number of phenolic OH excluding ortho intramolecular Hbond substituents is 6. The van der Waals surface area contributed by atoms with Gasteiger partial charge in [-0.15, -0.1) is 0 Å². The summed E-state index contributed by atoms with van der Waals surface area (Å²) in [4.78, 5) is 131. The molecule has 476 valence electrons. The predicted octanol–water partition coefficient (Wildman–Crippen LogP) is 5.13. The summed E-state index contributed by atoms with van der Waals surface area (Å²) >= 11 is 13.7. The van der Waals surface area contributed by atoms with Crippen LogP contribution in [0.4, 0.5) is 0 Å². The molecule has 0 saturated carbocycles. The third-order valence-electron chi connectivity index (χ3n) is 15.5. The van der Waals surface area contributed by atoms with Crippen LogP contribution in [0.1, 0.15) is 75.3 Å². The molecule has 7 aromatic carbocycles. The number of amides is 7. The van der Waals surface area contributed by atoms with Crippen LogP contribution in [0.5, 0.6) is 69.0 Å². The number of hydrogen-bond acceptors (Lipinski definition) is 19. The highest BCUT2D eigenvalue weighted by atomic mass is 35.5. The molecular weight excluding hydrogens is 1260 g/mol. The lowest BCUT2D eigenvalue weighted by Gasteiger charge is -2.31. The number of aliphatic hydroxyl groups excluding tert-OH is 1. The summed E-state index contributed by atoms with van der Waals surface area (Å²) in [5.41, 5.74) is -2.66. The van der Waals surface area contributed by atoms with Gasteiger partial charge >= 0.3 is 11.9 Å². The lowest BCUT2D eigenvalue weighted by molar-refractivity contribution is -0.143. The number of fused-ring (bicyclic) bond motifs is 14. The molecule has 8 atom stereocenters. The van der Waals surface area contributed by atoms with Crippen LogP contribution in [-0.4, -0.2) is 123 Å². The fraction of sp³-hybridized carbons (Fsp3) is 0.159. The maximum atomic E-state index is 15.8. The Bertz CT molecular complexity index is 4390. The monoisotopic (exact) mass is 1310 g/mol. The smallest absolute Gasteiger partial charge is 0.330 e. The van der Waals surface area contributed by atoms with Gasteiger partial charge in [-0.25, -0.2) is 9.59 Å². The Kier molecular flexibility index (Phi) is 16.8. The van der Waals surface area contributed by atoms with Crippen molar-refractivity contribution in [1.82, 2.24) is 36.8 Å². The van der Waals surface area contributed by atoms with Crippen molar-refractivity contribution < 1.29 is 103 Å². The molecule has 15 N–H and O–H groups in total. The number of carboxylic acid groups (broad SMARTS) is 2. The van der Waals surface area contributed by atoms with Gasteiger partial charge in [0.1, 0.15) is 82.6 Å². The molecule has 8 unspecified atom stereocenters. The number of carbonyl (C=O) groups excluding carboxylic acids is 7. The topological polar surface area (TPSA) is 439 Å². The van der Waals surface area contributed by atoms with Crippen LogP contribution in [0, 0.1) is 0 Å². The molecule has 13 rings (SSSR count). The van der Waals surface area contributed by atoms with Gasteiger partial charge < -0.3 is 97.0 Å². The van der Waals surface area contributed by atoms with E-state index >= 15 is 19.2 Å². The molecule has 93 heavy (non-hydrogen) atoms. The van der Waals surface area contributed by atoms with Crippen LogP contribution < -0.4 is 46.1 Å². The summed E-state index contributed by atoms with van der Waals surface area (Å²) in [7, 11) is 1.14. The number of carbonyl (C=O) groups is 9. The molecule has 6 aliphatic heterocycles. The molecule has 0 fully saturated rings. The molecule has 0 aliphatic carbocycles. The summed E-state index contributed by atoms with van der Waals surface area (Å²) < 4.78 is 18.5. The van der Waals surface area contributed by atoms with Crippen LogP contribution in [-0.2, 0) is 49.6 Å². The zero-order valence-corrected chi connectivity index (χ0v) is 49.1. The molecule has 28 nitrogen and oxygen atoms in total. The standard InChI is InChI=1S/C63H49Cl2N7O21/c1-72(45(78)12-13-46(79)80)54-26-5-10-38(75)42(17-26)92-31-22-34(48(65)40(77)23-31)51-60(86)68-50-28-18-43(91-30-7-2-24(3-8-30)14-36(57(83)69-51)66-62(54)88)56(82)44(19-28)93-41-11-6-27(16-35(41)64)55(81)53-61(87)70-52(63(89)90)33-20-29(73)21-39(76)47(33)32-15-25(4-9-37(32)74)49(58(84)71-53)67-59(50)85/h2-13,15-23,36,49-55,73-77,81-82H,14H2,1H3,(H,66,88)(H,67,85)(H,68,86)(H,69,83)(H,70,87)(H,71,84)(H,79,80)(H,89,90)/b13-12+. The summed E-state index contributed by atoms with van der Waals surface area (Å²) in [5, 5.41) is 114. The molecule has 17 bridgehead atoms. The van der Waals surface area contributed by atoms with E-state index in [1.807, 2.05) is 0 Å². The van der Waals surface area contributed by atoms with Crippen molar-refractivity contribution in [2.24, 2.45) is 0 Å². The first kappa shape index (κ1) is 62.8. The molecule has 30 heteroatoms. The van der Waals surface area contributed by atoms with Crippen molar-refractivity contribution in [2.75, 3.05) is 7.05 Å². The summed E-state index contributed by atoms with van der Waals surface area (Å²) in [6.07, 6.45) is -1.42. The van der Waals surface area contributed by atoms with Gasteiger partial charge in [-0.3, -0.25) is 33.6 Å². The van der Waals surface area contributed by atoms with Crippen molar-refractivity contribution >= 4 is 76.5 Å². The van der Waals surface area contributed by atoms with Crippen molar-refractivity contribution in [3.8, 4) is 80.1 Å². The van der Waals surface area contributed by atoms with E-state index in [9.17, 15) is 69.9 Å². The van der Waals surface area contributed by atoms with Gasteiger partial charge in [0.2, 0.25) is 47.1 Å². The average molecular weight is 1310 g/mol. The largest absolute Gasteiger partial charge is 0.508 e. The molecule has 6 aliphatic rings. The number of ether oxygens (including phenoxy) is 3. The van der Waals surface area contributed by atoms with Gasteiger partial charge in [-0.2, -0.15) is 0 Å². The highest BCUT2D eigenvalue weighted by Gasteiger charge is 2.42. The molecule has 7 aromatic rings. The number of phenols is 6. The first-order chi connectivity index (χ1) is 44.2. The predicted molar refractivity (Wildman–Crippen MR) is 320 cm³/mol. The van der Waals surface area contributed by atoms with E-state index in [1.165, 1.54) is 42.5 Å². The highest BCUT2D eigenvalue weighted by Crippen LogP contribution is 2.48. The number of aliphatic carboxylic acids is 2. The third-order valence-corrected chi connectivity index (χ3v) is 16.2. The number of likely N-dealkylation sites (N-methyl/N-ethyl adjacent to an activating group) is 1. The lowest BCUT2D eigenvalue weighted by atomic mass is 9.89. The molecule has 0 saturated heterocycles. The van der Waals surface area contributed by atoms with E-state index in [0.29, 0.717) is 17.7 Å². The lowest BCUT2D eigenvalue weighted by Crippen LogP contribution is -2.55. The summed E-state index contributed by atoms with van der Waals surface area (Å²) in [5.74, 6) is -18.8. The van der Waals surface area contributed by atoms with Crippen molar-refractivity contribution in [1.29, 1.82) is 0 Å². The van der Waals surface area contributed by atoms with Gasteiger partial charge in [-0.05, 0) is 101 Å². The minimum absolute atomic E-state index is 0.0363. The number of aliphatic hydroxyl groups is 1. The van der Waals surface area contributed by atoms with Crippen molar-refractivity contribution in [2.45, 2.75) is 54.8 Å². The van der Waals surface area contributed by atoms with Crippen LogP contribution in [0.3, 0.4) is 0 Å². The Morgan fingerprint density at radius 2 is 1.15 bits per heavy atom. The SMILES string of the molecule is CN(C(=O)/C=C/C(=O)O)C1C(=O)NC2Cc3ccc(cc3)Oc3cc4cc(c3O)Oc3ccc(cc3Cl)C(O)C3NC(=O)C(NC(=O)C4NC(=O)C(NC2=O)c2cc(cc(O)c2Cl)Oc2cc1ccc2O)c1ccc(O)c(c1)-c1c(O)cc(O)cc1C(C(=O)O)NC3=O. The fourth-order valence-electron chi connectivity index (χ4n) is 11.0. The number of carboxylic acids is 2. The van der Waals surface area contributed by atoms with Gasteiger partial charge in [0.25, 0.3) is 0 Å². The molecule has 6 heterocycles. The van der Waals surface area contributed by atoms with E-state index in [0.717, 1.165) is 84.7 Å². The molecular formula is C63H49Cl2N7O21. The zero-order chi connectivity index (χ0) is 66.6. The Morgan fingerprint density at radius 3 is 1.85 bits per heavy atom. The second-order valence-corrected chi connectivity index (χ2v) is 22.4. The van der Waals surface area contributed by atoms with E-state index in [-0.39, 0.29) is 38.8 Å². The van der Waals surface area contributed by atoms with Crippen molar-refractivity contribution in [3.63, 3.8) is 0 Å². The minimum Gasteiger partial charge on any atom is -0.508 e. The maximum Gasteiger partial charge on any atom is 0.330 e. The average Bonchev–Trinajstić information content (AvgIpc) is 0.812. The van der Waals surface area contributed by atoms with E-state index < -0.39 is 193 Å². The first-order valence-electron chi connectivity index (χ1n) is 27.7. The Labute approximate surface area is 532 Å². The van der Waals surface area contributed by atoms with Crippen LogP contribution in [0.25, 0.3) is 11.1 Å². The number of benzene rings is 7. The summed E-state index contributed by atoms with van der Waals surface area (Å²) in [6, 6.07) is 6.85. The van der Waals surface area contributed by atoms with Gasteiger partial charge in [-0.1, -0.05) is 53.5 Å². The quantitative estimate of drug-likeness (QED) is 0.102. The van der Waals surface area contributed by atoms with Crippen molar-refractivity contribution in [3.05, 3.63) is 176 Å². The molecule has 0 radical (unpaired) electrons. The fourth-order valence-corrected chi connectivity index (χ4v) is 11.4. The van der Waals surface area contributed by atoms with Gasteiger partial charge in [0, 0.05) is 60.0 Å². The molecule has 0 aromatic heterocycles. The van der Waals surface area contributed by atoms with Crippen LogP contribution in [0.15, 0.2) is 127 Å². The van der Waals surface area contributed by atoms with Crippen LogP contribution >= 0.6 is 23.2 Å². The van der Waals surface area contributed by atoms with E-state index in [2.05, 4.69) is 31.9 Å². The first-order valence-corrected chi connectivity index (χ1v) is 28.4. The number of nitrogens with one attached hydrogen (secondary N) is 6. The second-order valence-electron chi connectivity index (χ2n) is 21.6. The maximum absolute atomic E-state index is 15.8. The van der Waals surface area contributed by atoms with Crippen LogP contribution in [0.2, 0.25) is 10.0 Å². The summed E-state index contributed by atoms with van der Waals surface area (Å²) in [6.45, 7) is 0. The number of aromatic hydroxyl groups is 6. The molecule has 7 amide bonds. The Balaban J connectivity index is 1.13. The van der Waals surface area contributed by atoms with E-state index in [1.54, 1.807) is 0 Å². The zero-order valence-electron chi connectivity index (χ0n) is 47.6. The molecule has 0 spiro atoms. The van der Waals surface area contributed by atoms with Gasteiger partial charge in [0.15, 0.2) is 29.0 Å². The number of nitrogens with zero attached hydrogens (tertiary/aromatic N) is 1. The van der Waals surface area contributed by atoms with Gasteiger partial charge in [0.05, 0.1) is 10.0 Å².